The Hall–Kier alpha value is -6.21. The normalized spacial score (nSPS) is 18.0. The fraction of sp³-hybridized carbons (Fsp3) is 0.488. The van der Waals surface area contributed by atoms with Crippen LogP contribution in [-0.4, -0.2) is 154 Å². The van der Waals surface area contributed by atoms with Crippen molar-refractivity contribution in [2.75, 3.05) is 100 Å². The molecular weight excluding hydrogens is 1470 g/mol. The smallest absolute Gasteiger partial charge is 0.336 e. The number of benzene rings is 6. The molecule has 5 heterocycles. The third-order valence-corrected chi connectivity index (χ3v) is 22.0. The van der Waals surface area contributed by atoms with Crippen LogP contribution in [0.5, 0.6) is 0 Å². The number of carbonyl (C=O) groups is 6. The second-order valence-electron chi connectivity index (χ2n) is 27.7. The van der Waals surface area contributed by atoms with E-state index in [1.165, 1.54) is 57.9 Å². The minimum atomic E-state index is -0.847. The van der Waals surface area contributed by atoms with E-state index in [4.69, 9.17) is 74.0 Å². The van der Waals surface area contributed by atoms with E-state index in [1.54, 1.807) is 43.9 Å². The number of hydrogen-bond acceptors (Lipinski definition) is 10. The predicted molar refractivity (Wildman–Crippen MR) is 429 cm³/mol. The van der Waals surface area contributed by atoms with Gasteiger partial charge in [0.05, 0.1) is 11.5 Å². The highest BCUT2D eigenvalue weighted by molar-refractivity contribution is 9.09. The van der Waals surface area contributed by atoms with Crippen molar-refractivity contribution in [1.29, 1.82) is 0 Å². The van der Waals surface area contributed by atoms with Crippen molar-refractivity contribution in [1.82, 2.24) is 24.9 Å². The van der Waals surface area contributed by atoms with Gasteiger partial charge in [-0.3, -0.25) is 28.9 Å². The van der Waals surface area contributed by atoms with Gasteiger partial charge in [-0.2, -0.15) is 0 Å². The molecule has 3 amide bonds. The highest BCUT2D eigenvalue weighted by Gasteiger charge is 2.39. The number of piperidine rings is 2. The number of Topliss-reactive ketones (excluding diaryl/α,β-unsaturated/α-hetero) is 1. The molecule has 6 aromatic rings. The fourth-order valence-electron chi connectivity index (χ4n) is 13.5. The van der Waals surface area contributed by atoms with Crippen molar-refractivity contribution in [3.63, 3.8) is 0 Å². The van der Waals surface area contributed by atoms with Gasteiger partial charge >= 0.3 is 11.9 Å². The van der Waals surface area contributed by atoms with Crippen molar-refractivity contribution < 1.29 is 39.0 Å². The number of alkyl halides is 3. The van der Waals surface area contributed by atoms with Crippen LogP contribution < -0.4 is 16.4 Å². The second kappa shape index (κ2) is 46.0. The first-order valence-electron chi connectivity index (χ1n) is 36.0. The van der Waals surface area contributed by atoms with Gasteiger partial charge in [-0.25, -0.2) is 4.79 Å². The molecule has 1 aliphatic carbocycles. The van der Waals surface area contributed by atoms with E-state index in [-0.39, 0.29) is 35.3 Å². The molecule has 4 unspecified atom stereocenters. The number of carboxylic acid groups (broad SMARTS) is 2. The third-order valence-electron chi connectivity index (χ3n) is 19.7. The zero-order valence-corrected chi connectivity index (χ0v) is 67.0. The molecule has 5 saturated heterocycles. The quantitative estimate of drug-likeness (QED) is 0.0392. The number of carboxylic acids is 2. The van der Waals surface area contributed by atoms with Gasteiger partial charge in [0.2, 0.25) is 11.8 Å². The molecule has 562 valence electrons. The van der Waals surface area contributed by atoms with Crippen LogP contribution in [0.4, 0.5) is 11.4 Å². The lowest BCUT2D eigenvalue weighted by Crippen LogP contribution is -2.39. The Kier molecular flexibility index (Phi) is 39.0. The SMILES string of the molecule is CC(=O)N1CCC(C(=O)Cc2ccc(C)c(Cl)c2)CC1.CC(=O)N1CCC(C(=O)O)CC1.Cc1ccc(N)cc1Cl.Cc1ccc(NCCCCl)cc1Cl.Cc1cccc(C)c1C(=O)N1CC2CCCC2C1.Cc1cccc(C)c1C(=O)O.ClCCCBr.c1ccc(CN2CC3CNCC3C2)cc1. The standard InChI is InChI=1S/C16H20ClNO2.C16H21NO.C13H18N2.C10H13Cl2N.C9H10O2.C8H13NO3.C7H8ClN.C3H6BrCl/c1-11-3-4-13(9-15(11)17)10-16(20)14-5-7-18(8-6-14)12(2)19;1-11-5-3-6-12(2)15(11)16(18)17-9-13-7-4-8-14(13)10-17;1-2-4-11(5-3-1)8-15-9-12-6-14-7-13(12)10-15;1-8-3-4-9(7-10(8)12)13-6-2-5-11;1-6-4-3-5-7(2)8(6)9(10)11;1-6(10)9-4-2-7(3-5-9)8(11)12;1-5-2-3-6(9)4-7(5)8;4-2-1-3-5/h3-4,9,14H,5-8,10H2,1-2H3;3,5-6,13-14H,4,7-10H2,1-2H3;1-5,12-14H,6-10H2;3-4,7,13H,2,5-6H2,1H3;3-5H,1-2H3,(H,10,11);7H,2-5H2,1H3,(H,11,12);2-4H,9H2,1H3;1-3H2. The van der Waals surface area contributed by atoms with Gasteiger partial charge in [-0.15, -0.1) is 23.2 Å². The number of carbonyl (C=O) groups excluding carboxylic acids is 4. The highest BCUT2D eigenvalue weighted by Crippen LogP contribution is 2.39. The average molecular weight is 1580 g/mol. The number of anilines is 2. The maximum Gasteiger partial charge on any atom is 0.336 e. The number of fused-ring (bicyclic) bond motifs is 2. The van der Waals surface area contributed by atoms with E-state index < -0.39 is 11.9 Å². The number of amides is 3. The van der Waals surface area contributed by atoms with Gasteiger partial charge < -0.3 is 41.3 Å². The van der Waals surface area contributed by atoms with Crippen LogP contribution >= 0.6 is 73.9 Å². The highest BCUT2D eigenvalue weighted by atomic mass is 79.9. The molecular formula is C82H109BrCl5N7O8. The molecule has 4 atom stereocenters. The van der Waals surface area contributed by atoms with Gasteiger partial charge in [0, 0.05) is 141 Å². The second-order valence-corrected chi connectivity index (χ2v) is 30.4. The number of nitrogen functional groups attached to an aromatic ring is 1. The monoisotopic (exact) mass is 1570 g/mol. The summed E-state index contributed by atoms with van der Waals surface area (Å²) >= 11 is 31.8. The number of nitrogens with one attached hydrogen (secondary N) is 2. The summed E-state index contributed by atoms with van der Waals surface area (Å²) in [4.78, 5) is 76.4. The first kappa shape index (κ1) is 87.4. The van der Waals surface area contributed by atoms with Crippen molar-refractivity contribution in [2.45, 2.75) is 133 Å². The van der Waals surface area contributed by atoms with Crippen molar-refractivity contribution in [3.05, 3.63) is 198 Å². The lowest BCUT2D eigenvalue weighted by atomic mass is 9.89. The summed E-state index contributed by atoms with van der Waals surface area (Å²) < 4.78 is 0. The number of aromatic carboxylic acids is 1. The zero-order chi connectivity index (χ0) is 75.7. The Morgan fingerprint density at radius 3 is 1.43 bits per heavy atom. The van der Waals surface area contributed by atoms with E-state index in [1.807, 2.05) is 112 Å². The molecule has 6 N–H and O–H groups in total. The molecule has 5 aliphatic heterocycles. The Labute approximate surface area is 646 Å². The largest absolute Gasteiger partial charge is 0.481 e. The molecule has 6 aliphatic rings. The molecule has 21 heteroatoms. The van der Waals surface area contributed by atoms with Crippen LogP contribution in [0.1, 0.15) is 142 Å². The van der Waals surface area contributed by atoms with Gasteiger partial charge in [0.15, 0.2) is 0 Å². The van der Waals surface area contributed by atoms with E-state index >= 15 is 0 Å². The minimum absolute atomic E-state index is 0.0406. The first-order valence-corrected chi connectivity index (χ1v) is 39.3. The van der Waals surface area contributed by atoms with Gasteiger partial charge in [-0.1, -0.05) is 148 Å². The Morgan fingerprint density at radius 2 is 1.00 bits per heavy atom. The van der Waals surface area contributed by atoms with Crippen LogP contribution in [0.2, 0.25) is 15.1 Å². The van der Waals surface area contributed by atoms with Crippen molar-refractivity contribution in [3.8, 4) is 0 Å². The number of nitrogens with zero attached hydrogens (tertiary/aromatic N) is 4. The first-order chi connectivity index (χ1) is 49.1. The summed E-state index contributed by atoms with van der Waals surface area (Å²) in [6, 6.07) is 39.6. The molecule has 12 rings (SSSR count). The molecule has 0 spiro atoms. The Bertz CT molecular complexity index is 3580. The number of rotatable bonds is 14. The van der Waals surface area contributed by atoms with Crippen LogP contribution in [0.25, 0.3) is 0 Å². The molecule has 1 saturated carbocycles. The maximum absolute atomic E-state index is 12.6. The molecule has 103 heavy (non-hydrogen) atoms. The number of likely N-dealkylation sites (tertiary alicyclic amines) is 4. The molecule has 15 nitrogen and oxygen atoms in total. The zero-order valence-electron chi connectivity index (χ0n) is 61.7. The number of halogens is 6. The lowest BCUT2D eigenvalue weighted by Gasteiger charge is -2.30. The molecule has 0 radical (unpaired) electrons. The summed E-state index contributed by atoms with van der Waals surface area (Å²) in [5, 5.41) is 27.4. The van der Waals surface area contributed by atoms with E-state index in [0.717, 1.165) is 153 Å². The van der Waals surface area contributed by atoms with E-state index in [0.29, 0.717) is 67.6 Å². The average Bonchev–Trinajstić information content (AvgIpc) is 1.69. The van der Waals surface area contributed by atoms with Gasteiger partial charge in [0.1, 0.15) is 5.78 Å². The summed E-state index contributed by atoms with van der Waals surface area (Å²) in [7, 11) is 0. The Morgan fingerprint density at radius 1 is 0.524 bits per heavy atom. The van der Waals surface area contributed by atoms with Crippen molar-refractivity contribution >= 4 is 121 Å². The number of aryl methyl sites for hydroxylation is 7. The molecule has 6 aromatic carbocycles. The fourth-order valence-corrected chi connectivity index (χ4v) is 14.9. The summed E-state index contributed by atoms with van der Waals surface area (Å²) in [5.74, 6) is 3.72. The number of aliphatic carboxylic acids is 1. The predicted octanol–water partition coefficient (Wildman–Crippen LogP) is 17.8. The number of hydrogen-bond donors (Lipinski definition) is 5. The van der Waals surface area contributed by atoms with Crippen LogP contribution in [0.3, 0.4) is 0 Å². The molecule has 0 bridgehead atoms. The van der Waals surface area contributed by atoms with Crippen LogP contribution in [0.15, 0.2) is 121 Å². The molecule has 6 fully saturated rings. The maximum atomic E-state index is 12.6. The number of ketones is 1. The summed E-state index contributed by atoms with van der Waals surface area (Å²) in [6.07, 6.45) is 9.21. The molecule has 0 aromatic heterocycles. The van der Waals surface area contributed by atoms with Crippen LogP contribution in [0, 0.1) is 84.0 Å². The van der Waals surface area contributed by atoms with Crippen molar-refractivity contribution in [2.24, 2.45) is 35.5 Å². The van der Waals surface area contributed by atoms with Crippen LogP contribution in [-0.2, 0) is 32.1 Å². The summed E-state index contributed by atoms with van der Waals surface area (Å²) in [6.45, 7) is 28.3. The topological polar surface area (TPSA) is 206 Å². The number of nitrogens with two attached hydrogens (primary N) is 1. The Balaban J connectivity index is 0.000000216. The summed E-state index contributed by atoms with van der Waals surface area (Å²) in [5.41, 5.74) is 18.0. The lowest BCUT2D eigenvalue weighted by molar-refractivity contribution is -0.145. The van der Waals surface area contributed by atoms with Gasteiger partial charge in [-0.05, 0) is 217 Å². The van der Waals surface area contributed by atoms with E-state index in [2.05, 4.69) is 66.7 Å². The minimum Gasteiger partial charge on any atom is -0.481 e. The third kappa shape index (κ3) is 29.9. The van der Waals surface area contributed by atoms with E-state index in [9.17, 15) is 28.8 Å². The van der Waals surface area contributed by atoms with Gasteiger partial charge in [0.25, 0.3) is 5.91 Å².